The molecule has 0 atom stereocenters. The van der Waals surface area contributed by atoms with E-state index >= 15 is 0 Å². The van der Waals surface area contributed by atoms with Gasteiger partial charge in [0.2, 0.25) is 0 Å². The van der Waals surface area contributed by atoms with Gasteiger partial charge in [0, 0.05) is 10.6 Å². The number of esters is 1. The Morgan fingerprint density at radius 2 is 2.27 bits per heavy atom. The average Bonchev–Trinajstić information content (AvgIpc) is 2.21. The summed E-state index contributed by atoms with van der Waals surface area (Å²) in [6, 6.07) is 2.88. The second kappa shape index (κ2) is 5.02. The van der Waals surface area contributed by atoms with Gasteiger partial charge in [-0.15, -0.1) is 11.8 Å². The number of anilines is 1. The number of carbonyl (C=O) groups excluding carboxylic acids is 1. The van der Waals surface area contributed by atoms with Gasteiger partial charge in [-0.05, 0) is 24.6 Å². The van der Waals surface area contributed by atoms with Crippen molar-refractivity contribution < 1.29 is 13.9 Å². The van der Waals surface area contributed by atoms with Crippen LogP contribution >= 0.6 is 11.8 Å². The first-order valence-electron chi connectivity index (χ1n) is 4.30. The first kappa shape index (κ1) is 11.8. The number of carbonyl (C=O) groups is 1. The molecule has 0 spiro atoms. The molecule has 0 unspecified atom stereocenters. The number of thioether (sulfide) groups is 1. The summed E-state index contributed by atoms with van der Waals surface area (Å²) in [5.74, 6) is -0.498. The van der Waals surface area contributed by atoms with Gasteiger partial charge in [0.1, 0.15) is 5.82 Å². The molecule has 0 saturated heterocycles. The summed E-state index contributed by atoms with van der Waals surface area (Å²) in [5, 5.41) is 0. The second-order valence-electron chi connectivity index (χ2n) is 3.00. The van der Waals surface area contributed by atoms with Crippen molar-refractivity contribution in [1.29, 1.82) is 0 Å². The molecule has 0 aliphatic carbocycles. The van der Waals surface area contributed by atoms with E-state index in [0.717, 1.165) is 0 Å². The smallest absolute Gasteiger partial charge is 0.315 e. The SMILES string of the molecule is COC(=O)CSc1cc(C)c(F)cc1N. The van der Waals surface area contributed by atoms with Gasteiger partial charge in [0.25, 0.3) is 0 Å². The van der Waals surface area contributed by atoms with Crippen molar-refractivity contribution in [2.24, 2.45) is 0 Å². The lowest BCUT2D eigenvalue weighted by Crippen LogP contribution is -2.03. The zero-order valence-electron chi connectivity index (χ0n) is 8.54. The Morgan fingerprint density at radius 1 is 1.60 bits per heavy atom. The average molecular weight is 229 g/mol. The number of benzene rings is 1. The summed E-state index contributed by atoms with van der Waals surface area (Å²) in [5.41, 5.74) is 6.46. The Balaban J connectivity index is 2.77. The van der Waals surface area contributed by atoms with Crippen LogP contribution < -0.4 is 5.73 Å². The largest absolute Gasteiger partial charge is 0.468 e. The Bertz CT molecular complexity index is 382. The number of rotatable bonds is 3. The number of hydrogen-bond donors (Lipinski definition) is 1. The van der Waals surface area contributed by atoms with Gasteiger partial charge in [0.15, 0.2) is 0 Å². The van der Waals surface area contributed by atoms with Gasteiger partial charge >= 0.3 is 5.97 Å². The topological polar surface area (TPSA) is 52.3 Å². The minimum absolute atomic E-state index is 0.172. The fraction of sp³-hybridized carbons (Fsp3) is 0.300. The van der Waals surface area contributed by atoms with E-state index in [4.69, 9.17) is 5.73 Å². The molecule has 1 aromatic rings. The second-order valence-corrected chi connectivity index (χ2v) is 4.02. The summed E-state index contributed by atoms with van der Waals surface area (Å²) in [6.07, 6.45) is 0. The van der Waals surface area contributed by atoms with Crippen LogP contribution in [0.15, 0.2) is 17.0 Å². The zero-order valence-corrected chi connectivity index (χ0v) is 9.36. The van der Waals surface area contributed by atoms with Crippen molar-refractivity contribution in [2.45, 2.75) is 11.8 Å². The van der Waals surface area contributed by atoms with Gasteiger partial charge in [0.05, 0.1) is 12.9 Å². The van der Waals surface area contributed by atoms with Crippen LogP contribution in [0.25, 0.3) is 0 Å². The molecule has 0 saturated carbocycles. The molecule has 0 amide bonds. The Labute approximate surface area is 91.8 Å². The van der Waals surface area contributed by atoms with Crippen molar-refractivity contribution in [1.82, 2.24) is 0 Å². The molecule has 0 aliphatic heterocycles. The summed E-state index contributed by atoms with van der Waals surface area (Å²) < 4.78 is 17.5. The highest BCUT2D eigenvalue weighted by molar-refractivity contribution is 8.00. The first-order valence-corrected chi connectivity index (χ1v) is 5.28. The summed E-state index contributed by atoms with van der Waals surface area (Å²) in [6.45, 7) is 1.65. The van der Waals surface area contributed by atoms with Crippen LogP contribution in [0.1, 0.15) is 5.56 Å². The number of nitrogen functional groups attached to an aromatic ring is 1. The van der Waals surface area contributed by atoms with Crippen LogP contribution in [0.2, 0.25) is 0 Å². The van der Waals surface area contributed by atoms with Crippen molar-refractivity contribution >= 4 is 23.4 Å². The molecule has 0 aromatic heterocycles. The fourth-order valence-corrected chi connectivity index (χ4v) is 1.87. The van der Waals surface area contributed by atoms with E-state index in [1.165, 1.54) is 24.9 Å². The Morgan fingerprint density at radius 3 is 2.87 bits per heavy atom. The molecule has 0 fully saturated rings. The van der Waals surface area contributed by atoms with Crippen molar-refractivity contribution in [3.8, 4) is 0 Å². The highest BCUT2D eigenvalue weighted by atomic mass is 32.2. The number of aryl methyl sites for hydroxylation is 1. The van der Waals surface area contributed by atoms with E-state index in [-0.39, 0.29) is 17.5 Å². The van der Waals surface area contributed by atoms with Crippen LogP contribution in [0.5, 0.6) is 0 Å². The normalized spacial score (nSPS) is 10.1. The molecular formula is C10H12FNO2S. The third-order valence-corrected chi connectivity index (χ3v) is 2.91. The Kier molecular flexibility index (Phi) is 3.96. The highest BCUT2D eigenvalue weighted by Crippen LogP contribution is 2.27. The van der Waals surface area contributed by atoms with Crippen LogP contribution in [0.3, 0.4) is 0 Å². The van der Waals surface area contributed by atoms with Gasteiger partial charge < -0.3 is 10.5 Å². The van der Waals surface area contributed by atoms with E-state index in [0.29, 0.717) is 16.1 Å². The van der Waals surface area contributed by atoms with Gasteiger partial charge in [-0.2, -0.15) is 0 Å². The molecule has 0 radical (unpaired) electrons. The van der Waals surface area contributed by atoms with Gasteiger partial charge in [-0.1, -0.05) is 0 Å². The minimum atomic E-state index is -0.338. The number of ether oxygens (including phenoxy) is 1. The number of methoxy groups -OCH3 is 1. The highest BCUT2D eigenvalue weighted by Gasteiger charge is 2.08. The van der Waals surface area contributed by atoms with E-state index in [1.54, 1.807) is 13.0 Å². The lowest BCUT2D eigenvalue weighted by Gasteiger charge is -2.06. The number of hydrogen-bond acceptors (Lipinski definition) is 4. The monoisotopic (exact) mass is 229 g/mol. The van der Waals surface area contributed by atoms with E-state index in [2.05, 4.69) is 4.74 Å². The number of nitrogens with two attached hydrogens (primary N) is 1. The van der Waals surface area contributed by atoms with Crippen LogP contribution in [-0.2, 0) is 9.53 Å². The molecule has 82 valence electrons. The van der Waals surface area contributed by atoms with Crippen LogP contribution in [0.4, 0.5) is 10.1 Å². The summed E-state index contributed by atoms with van der Waals surface area (Å²) >= 11 is 1.24. The zero-order chi connectivity index (χ0) is 11.4. The maximum absolute atomic E-state index is 13.0. The molecule has 0 heterocycles. The molecule has 2 N–H and O–H groups in total. The lowest BCUT2D eigenvalue weighted by molar-refractivity contribution is -0.137. The van der Waals surface area contributed by atoms with E-state index in [1.807, 2.05) is 0 Å². The molecule has 3 nitrogen and oxygen atoms in total. The number of halogens is 1. The van der Waals surface area contributed by atoms with Gasteiger partial charge in [-0.3, -0.25) is 4.79 Å². The predicted molar refractivity (Wildman–Crippen MR) is 58.3 cm³/mol. The summed E-state index contributed by atoms with van der Waals surface area (Å²) in [4.78, 5) is 11.6. The van der Waals surface area contributed by atoms with Crippen LogP contribution in [0, 0.1) is 12.7 Å². The maximum Gasteiger partial charge on any atom is 0.315 e. The third-order valence-electron chi connectivity index (χ3n) is 1.86. The molecule has 1 rings (SSSR count). The quantitative estimate of drug-likeness (QED) is 0.489. The predicted octanol–water partition coefficient (Wildman–Crippen LogP) is 1.98. The fourth-order valence-electron chi connectivity index (χ4n) is 0.991. The minimum Gasteiger partial charge on any atom is -0.468 e. The van der Waals surface area contributed by atoms with Crippen molar-refractivity contribution in [2.75, 3.05) is 18.6 Å². The molecule has 0 aliphatic rings. The Hall–Kier alpha value is -1.23. The summed E-state index contributed by atoms with van der Waals surface area (Å²) in [7, 11) is 1.32. The van der Waals surface area contributed by atoms with E-state index in [9.17, 15) is 9.18 Å². The molecule has 1 aromatic carbocycles. The third kappa shape index (κ3) is 3.13. The molecule has 0 bridgehead atoms. The van der Waals surface area contributed by atoms with Crippen LogP contribution in [-0.4, -0.2) is 18.8 Å². The van der Waals surface area contributed by atoms with Gasteiger partial charge in [-0.25, -0.2) is 4.39 Å². The standard InChI is InChI=1S/C10H12FNO2S/c1-6-3-9(8(12)4-7(6)11)15-5-10(13)14-2/h3-4H,5,12H2,1-2H3. The molecule has 5 heteroatoms. The van der Waals surface area contributed by atoms with E-state index < -0.39 is 0 Å². The lowest BCUT2D eigenvalue weighted by atomic mass is 10.2. The van der Waals surface area contributed by atoms with Crippen molar-refractivity contribution in [3.05, 3.63) is 23.5 Å². The van der Waals surface area contributed by atoms with Crippen molar-refractivity contribution in [3.63, 3.8) is 0 Å². The maximum atomic E-state index is 13.0. The first-order chi connectivity index (χ1) is 7.04. The molecule has 15 heavy (non-hydrogen) atoms. The molecular weight excluding hydrogens is 217 g/mol.